The molecule has 0 saturated heterocycles. The minimum absolute atomic E-state index is 0.0165. The number of anilines is 2. The van der Waals surface area contributed by atoms with Gasteiger partial charge in [0, 0.05) is 60.0 Å². The molecule has 2 atom stereocenters. The summed E-state index contributed by atoms with van der Waals surface area (Å²) in [4.78, 5) is 31.6. The maximum absolute atomic E-state index is 14.0. The number of hydrogen-bond acceptors (Lipinski definition) is 7. The number of aliphatic hydroxyl groups excluding tert-OH is 1. The summed E-state index contributed by atoms with van der Waals surface area (Å²) in [5.74, 6) is -0.536. The first kappa shape index (κ1) is 31.7. The van der Waals surface area contributed by atoms with Crippen LogP contribution < -0.4 is 15.0 Å². The van der Waals surface area contributed by atoms with E-state index in [9.17, 15) is 14.7 Å². The van der Waals surface area contributed by atoms with Gasteiger partial charge in [0.25, 0.3) is 5.91 Å². The fourth-order valence-electron chi connectivity index (χ4n) is 6.07. The number of benzene rings is 3. The molecule has 242 valence electrons. The van der Waals surface area contributed by atoms with Crippen molar-refractivity contribution in [3.05, 3.63) is 114 Å². The maximum Gasteiger partial charge on any atom is 0.264 e. The van der Waals surface area contributed by atoms with Crippen molar-refractivity contribution in [1.82, 2.24) is 20.0 Å². The predicted molar refractivity (Wildman–Crippen MR) is 179 cm³/mol. The van der Waals surface area contributed by atoms with Crippen molar-refractivity contribution < 1.29 is 24.5 Å². The molecule has 47 heavy (non-hydrogen) atoms. The van der Waals surface area contributed by atoms with Gasteiger partial charge in [-0.05, 0) is 53.9 Å². The predicted octanol–water partition coefficient (Wildman–Crippen LogP) is 4.50. The third-order valence-corrected chi connectivity index (χ3v) is 8.64. The molecule has 3 heterocycles. The number of rotatable bonds is 13. The molecule has 11 nitrogen and oxygen atoms in total. The molecule has 0 unspecified atom stereocenters. The van der Waals surface area contributed by atoms with Gasteiger partial charge >= 0.3 is 0 Å². The zero-order valence-corrected chi connectivity index (χ0v) is 26.4. The molecule has 2 amide bonds. The van der Waals surface area contributed by atoms with Crippen molar-refractivity contribution in [2.75, 3.05) is 23.9 Å². The summed E-state index contributed by atoms with van der Waals surface area (Å²) in [6, 6.07) is 20.6. The maximum atomic E-state index is 14.0. The van der Waals surface area contributed by atoms with E-state index in [0.717, 1.165) is 27.7 Å². The van der Waals surface area contributed by atoms with E-state index in [1.54, 1.807) is 41.1 Å². The van der Waals surface area contributed by atoms with E-state index in [1.165, 1.54) is 0 Å². The van der Waals surface area contributed by atoms with Gasteiger partial charge in [0.05, 0.1) is 31.5 Å². The Bertz CT molecular complexity index is 1910. The number of methoxy groups -OCH3 is 1. The lowest BCUT2D eigenvalue weighted by atomic mass is 9.83. The number of fused-ring (bicyclic) bond motifs is 2. The monoisotopic (exact) mass is 634 g/mol. The van der Waals surface area contributed by atoms with Crippen LogP contribution >= 0.6 is 0 Å². The summed E-state index contributed by atoms with van der Waals surface area (Å²) >= 11 is 0. The number of carbonyl (C=O) groups excluding carboxylic acids is 2. The molecule has 11 heteroatoms. The molecular weight excluding hydrogens is 596 g/mol. The molecule has 1 aliphatic rings. The highest BCUT2D eigenvalue weighted by Crippen LogP contribution is 2.47. The van der Waals surface area contributed by atoms with Gasteiger partial charge in [-0.2, -0.15) is 0 Å². The van der Waals surface area contributed by atoms with Crippen molar-refractivity contribution in [1.29, 1.82) is 0 Å². The zero-order valence-electron chi connectivity index (χ0n) is 26.4. The van der Waals surface area contributed by atoms with Gasteiger partial charge in [-0.1, -0.05) is 54.6 Å². The van der Waals surface area contributed by atoms with Crippen LogP contribution in [0.5, 0.6) is 5.75 Å². The van der Waals surface area contributed by atoms with Crippen LogP contribution in [0.4, 0.5) is 11.4 Å². The molecule has 0 saturated carbocycles. The number of aromatic nitrogens is 4. The SMILES string of the molecule is COc1ccc2c(c1)[C@](O)([C@@H](C)/C=C/CCn1cc(CCO)nn1)C(=O)N2Cc1ccc(NC(=O)Cc2c[nH]c3ccccc23)cc1. The van der Waals surface area contributed by atoms with Crippen molar-refractivity contribution in [3.8, 4) is 5.75 Å². The van der Waals surface area contributed by atoms with Gasteiger partial charge in [0.15, 0.2) is 5.60 Å². The van der Waals surface area contributed by atoms with E-state index in [1.807, 2.05) is 73.8 Å². The molecule has 4 N–H and O–H groups in total. The van der Waals surface area contributed by atoms with Gasteiger partial charge < -0.3 is 30.2 Å². The molecule has 6 rings (SSSR count). The number of aliphatic hydroxyl groups is 2. The number of aryl methyl sites for hydroxylation is 1. The summed E-state index contributed by atoms with van der Waals surface area (Å²) in [5, 5.41) is 33.2. The highest BCUT2D eigenvalue weighted by Gasteiger charge is 2.52. The van der Waals surface area contributed by atoms with E-state index in [-0.39, 0.29) is 25.5 Å². The van der Waals surface area contributed by atoms with E-state index >= 15 is 0 Å². The van der Waals surface area contributed by atoms with E-state index in [0.29, 0.717) is 42.1 Å². The molecular formula is C36H38N6O5. The minimum atomic E-state index is -1.79. The number of H-pyrrole nitrogens is 1. The number of aromatic amines is 1. The fourth-order valence-corrected chi connectivity index (χ4v) is 6.07. The zero-order chi connectivity index (χ0) is 33.0. The normalized spacial score (nSPS) is 16.6. The topological polar surface area (TPSA) is 146 Å². The second-order valence-corrected chi connectivity index (χ2v) is 11.8. The van der Waals surface area contributed by atoms with Crippen LogP contribution in [0.15, 0.2) is 91.3 Å². The summed E-state index contributed by atoms with van der Waals surface area (Å²) in [6.07, 6.45) is 8.76. The lowest BCUT2D eigenvalue weighted by Crippen LogP contribution is -2.44. The molecule has 0 aliphatic carbocycles. The number of amides is 2. The van der Waals surface area contributed by atoms with Crippen LogP contribution in [0, 0.1) is 5.92 Å². The number of allylic oxidation sites excluding steroid dienone is 1. The number of nitrogens with zero attached hydrogens (tertiary/aromatic N) is 4. The molecule has 0 spiro atoms. The van der Waals surface area contributed by atoms with Gasteiger partial charge in [-0.25, -0.2) is 0 Å². The number of nitrogens with one attached hydrogen (secondary N) is 2. The smallest absolute Gasteiger partial charge is 0.264 e. The molecule has 2 aromatic heterocycles. The van der Waals surface area contributed by atoms with Crippen LogP contribution in [0.1, 0.15) is 35.7 Å². The number of ether oxygens (including phenoxy) is 1. The molecule has 0 fully saturated rings. The van der Waals surface area contributed by atoms with Crippen LogP contribution in [0.25, 0.3) is 10.9 Å². The van der Waals surface area contributed by atoms with E-state index < -0.39 is 17.4 Å². The van der Waals surface area contributed by atoms with Crippen LogP contribution in [0.3, 0.4) is 0 Å². The van der Waals surface area contributed by atoms with Crippen LogP contribution in [0.2, 0.25) is 0 Å². The van der Waals surface area contributed by atoms with Crippen molar-refractivity contribution in [2.45, 2.75) is 44.9 Å². The van der Waals surface area contributed by atoms with E-state index in [2.05, 4.69) is 20.6 Å². The van der Waals surface area contributed by atoms with E-state index in [4.69, 9.17) is 9.84 Å². The van der Waals surface area contributed by atoms with Gasteiger partial charge in [-0.3, -0.25) is 14.3 Å². The largest absolute Gasteiger partial charge is 0.497 e. The van der Waals surface area contributed by atoms with Crippen LogP contribution in [-0.4, -0.2) is 55.7 Å². The number of hydrogen-bond donors (Lipinski definition) is 4. The minimum Gasteiger partial charge on any atom is -0.497 e. The first-order valence-electron chi connectivity index (χ1n) is 15.6. The Balaban J connectivity index is 1.13. The summed E-state index contributed by atoms with van der Waals surface area (Å²) in [6.45, 7) is 2.65. The van der Waals surface area contributed by atoms with Crippen LogP contribution in [-0.2, 0) is 41.1 Å². The molecule has 0 radical (unpaired) electrons. The molecule has 3 aromatic carbocycles. The average molecular weight is 635 g/mol. The lowest BCUT2D eigenvalue weighted by Gasteiger charge is -2.28. The van der Waals surface area contributed by atoms with Gasteiger partial charge in [0.2, 0.25) is 5.91 Å². The quantitative estimate of drug-likeness (QED) is 0.140. The summed E-state index contributed by atoms with van der Waals surface area (Å²) in [7, 11) is 1.55. The van der Waals surface area contributed by atoms with Crippen molar-refractivity contribution in [3.63, 3.8) is 0 Å². The second kappa shape index (κ2) is 13.6. The molecule has 1 aliphatic heterocycles. The van der Waals surface area contributed by atoms with Gasteiger partial charge in [0.1, 0.15) is 5.75 Å². The summed E-state index contributed by atoms with van der Waals surface area (Å²) < 4.78 is 7.15. The first-order chi connectivity index (χ1) is 22.8. The third-order valence-electron chi connectivity index (χ3n) is 8.64. The Labute approximate surface area is 272 Å². The van der Waals surface area contributed by atoms with Gasteiger partial charge in [-0.15, -0.1) is 5.10 Å². The first-order valence-corrected chi connectivity index (χ1v) is 15.6. The Hall–Kier alpha value is -5.26. The standard InChI is InChI=1S/C36H38N6O5/c1-24(7-5-6-17-41-23-28(16-18-43)39-40-41)36(46)31-20-29(47-2)14-15-33(31)42(35(36)45)22-25-10-12-27(13-11-25)38-34(44)19-26-21-37-32-9-4-3-8-30(26)32/h3-5,7-15,20-21,23-24,37,43,46H,6,16-19,22H2,1-2H3,(H,38,44)/b7-5+/t24-,36+/m0/s1. The number of carbonyl (C=O) groups is 2. The summed E-state index contributed by atoms with van der Waals surface area (Å²) in [5.41, 5.74) is 3.46. The number of para-hydroxylation sites is 1. The highest BCUT2D eigenvalue weighted by molar-refractivity contribution is 6.07. The fraction of sp³-hybridized carbons (Fsp3) is 0.278. The Morgan fingerprint density at radius 3 is 2.74 bits per heavy atom. The lowest BCUT2D eigenvalue weighted by molar-refractivity contribution is -0.139. The Morgan fingerprint density at radius 2 is 1.96 bits per heavy atom. The third kappa shape index (κ3) is 6.53. The molecule has 5 aromatic rings. The highest BCUT2D eigenvalue weighted by atomic mass is 16.5. The molecule has 0 bridgehead atoms. The second-order valence-electron chi connectivity index (χ2n) is 11.8. The van der Waals surface area contributed by atoms with Crippen molar-refractivity contribution >= 4 is 34.1 Å². The van der Waals surface area contributed by atoms with Crippen molar-refractivity contribution in [2.24, 2.45) is 5.92 Å². The average Bonchev–Trinajstić information content (AvgIpc) is 3.76. The Morgan fingerprint density at radius 1 is 1.15 bits per heavy atom. The Kier molecular flexibility index (Phi) is 9.19.